The molecular formula is C20H27N3OS. The van der Waals surface area contributed by atoms with Crippen molar-refractivity contribution in [3.8, 4) is 0 Å². The van der Waals surface area contributed by atoms with Crippen LogP contribution in [0.5, 0.6) is 0 Å². The second-order valence-corrected chi connectivity index (χ2v) is 8.37. The first-order chi connectivity index (χ1) is 11.9. The number of hydrogen-bond donors (Lipinski definition) is 1. The van der Waals surface area contributed by atoms with Crippen LogP contribution in [0.2, 0.25) is 0 Å². The van der Waals surface area contributed by atoms with Crippen molar-refractivity contribution in [1.82, 2.24) is 9.88 Å². The first-order valence-electron chi connectivity index (χ1n) is 9.00. The zero-order valence-electron chi connectivity index (χ0n) is 15.6. The van der Waals surface area contributed by atoms with Gasteiger partial charge in [-0.2, -0.15) is 0 Å². The lowest BCUT2D eigenvalue weighted by molar-refractivity contribution is -0.116. The average molecular weight is 358 g/mol. The van der Waals surface area contributed by atoms with Crippen molar-refractivity contribution in [3.63, 3.8) is 0 Å². The molecule has 1 aromatic carbocycles. The van der Waals surface area contributed by atoms with E-state index in [4.69, 9.17) is 0 Å². The Morgan fingerprint density at radius 1 is 1.32 bits per heavy atom. The number of aryl methyl sites for hydroxylation is 4. The fourth-order valence-electron chi connectivity index (χ4n) is 3.49. The molecule has 1 aromatic heterocycles. The first-order valence-corrected chi connectivity index (χ1v) is 9.81. The molecule has 0 bridgehead atoms. The van der Waals surface area contributed by atoms with E-state index in [-0.39, 0.29) is 11.9 Å². The number of carbonyl (C=O) groups is 1. The van der Waals surface area contributed by atoms with Crippen molar-refractivity contribution in [1.29, 1.82) is 0 Å². The summed E-state index contributed by atoms with van der Waals surface area (Å²) in [6, 6.07) is 6.53. The highest BCUT2D eigenvalue weighted by Gasteiger charge is 2.18. The Morgan fingerprint density at radius 2 is 2.08 bits per heavy atom. The quantitative estimate of drug-likeness (QED) is 0.840. The van der Waals surface area contributed by atoms with Gasteiger partial charge in [0.2, 0.25) is 5.91 Å². The van der Waals surface area contributed by atoms with E-state index in [2.05, 4.69) is 48.2 Å². The lowest BCUT2D eigenvalue weighted by Gasteiger charge is -2.23. The van der Waals surface area contributed by atoms with Gasteiger partial charge in [0, 0.05) is 23.5 Å². The number of benzene rings is 1. The van der Waals surface area contributed by atoms with Gasteiger partial charge in [0.05, 0.1) is 16.7 Å². The summed E-state index contributed by atoms with van der Waals surface area (Å²) in [5.41, 5.74) is 4.87. The normalized spacial score (nSPS) is 14.6. The molecule has 1 heterocycles. The summed E-state index contributed by atoms with van der Waals surface area (Å²) in [5, 5.41) is 4.14. The van der Waals surface area contributed by atoms with Crippen LogP contribution >= 0.6 is 11.3 Å². The van der Waals surface area contributed by atoms with E-state index in [0.29, 0.717) is 13.0 Å². The maximum atomic E-state index is 12.3. The number of rotatable bonds is 6. The molecule has 3 rings (SSSR count). The van der Waals surface area contributed by atoms with Gasteiger partial charge >= 0.3 is 0 Å². The fraction of sp³-hybridized carbons (Fsp3) is 0.500. The average Bonchev–Trinajstić information content (AvgIpc) is 3.17. The van der Waals surface area contributed by atoms with Crippen LogP contribution < -0.4 is 5.32 Å². The van der Waals surface area contributed by atoms with Gasteiger partial charge in [-0.15, -0.1) is 11.3 Å². The molecule has 0 radical (unpaired) electrons. The maximum absolute atomic E-state index is 12.3. The van der Waals surface area contributed by atoms with Gasteiger partial charge in [0.1, 0.15) is 0 Å². The maximum Gasteiger partial charge on any atom is 0.225 e. The van der Waals surface area contributed by atoms with E-state index in [9.17, 15) is 4.79 Å². The van der Waals surface area contributed by atoms with Crippen LogP contribution in [0.15, 0.2) is 18.2 Å². The third-order valence-electron chi connectivity index (χ3n) is 5.07. The van der Waals surface area contributed by atoms with Crippen LogP contribution in [-0.2, 0) is 17.6 Å². The van der Waals surface area contributed by atoms with E-state index < -0.39 is 0 Å². The van der Waals surface area contributed by atoms with Gasteiger partial charge in [-0.25, -0.2) is 4.98 Å². The summed E-state index contributed by atoms with van der Waals surface area (Å²) in [7, 11) is 2.06. The summed E-state index contributed by atoms with van der Waals surface area (Å²) in [6.45, 7) is 7.02. The predicted octanol–water partition coefficient (Wildman–Crippen LogP) is 4.27. The Balaban J connectivity index is 1.52. The lowest BCUT2D eigenvalue weighted by Crippen LogP contribution is -2.27. The Morgan fingerprint density at radius 3 is 2.80 bits per heavy atom. The molecule has 0 spiro atoms. The number of anilines is 1. The topological polar surface area (TPSA) is 45.2 Å². The van der Waals surface area contributed by atoms with Crippen molar-refractivity contribution >= 4 is 22.9 Å². The third kappa shape index (κ3) is 4.28. The van der Waals surface area contributed by atoms with Crippen LogP contribution in [0.3, 0.4) is 0 Å². The second-order valence-electron chi connectivity index (χ2n) is 6.97. The summed E-state index contributed by atoms with van der Waals surface area (Å²) >= 11 is 1.73. The van der Waals surface area contributed by atoms with Crippen LogP contribution in [0.4, 0.5) is 5.69 Å². The number of nitrogens with one attached hydrogen (secondary N) is 1. The van der Waals surface area contributed by atoms with Crippen molar-refractivity contribution in [2.24, 2.45) is 0 Å². The highest BCUT2D eigenvalue weighted by Crippen LogP contribution is 2.27. The van der Waals surface area contributed by atoms with Gasteiger partial charge < -0.3 is 5.32 Å². The van der Waals surface area contributed by atoms with E-state index >= 15 is 0 Å². The largest absolute Gasteiger partial charge is 0.326 e. The standard InChI is InChI=1S/C20H27N3OS/c1-13(20-14(2)25-15(3)21-20)23(4)11-10-19(24)22-18-9-8-16-6-5-7-17(16)12-18/h8-9,12-13H,5-7,10-11H2,1-4H3,(H,22,24)/t13-/m0/s1. The Kier molecular flexibility index (Phi) is 5.54. The zero-order valence-corrected chi connectivity index (χ0v) is 16.4. The number of amides is 1. The Hall–Kier alpha value is -1.72. The van der Waals surface area contributed by atoms with Crippen molar-refractivity contribution in [3.05, 3.63) is 44.9 Å². The van der Waals surface area contributed by atoms with E-state index in [1.807, 2.05) is 13.0 Å². The number of aromatic nitrogens is 1. The van der Waals surface area contributed by atoms with Gasteiger partial charge in [-0.1, -0.05) is 6.07 Å². The van der Waals surface area contributed by atoms with Gasteiger partial charge in [0.25, 0.3) is 0 Å². The van der Waals surface area contributed by atoms with Crippen molar-refractivity contribution in [2.75, 3.05) is 18.9 Å². The molecule has 2 aromatic rings. The minimum absolute atomic E-state index is 0.0724. The van der Waals surface area contributed by atoms with Gasteiger partial charge in [0.15, 0.2) is 0 Å². The molecular weight excluding hydrogens is 330 g/mol. The SMILES string of the molecule is Cc1nc([C@H](C)N(C)CCC(=O)Nc2ccc3c(c2)CCC3)c(C)s1. The molecule has 134 valence electrons. The molecule has 5 heteroatoms. The molecule has 1 aliphatic rings. The second kappa shape index (κ2) is 7.67. The number of carbonyl (C=O) groups excluding carboxylic acids is 1. The van der Waals surface area contributed by atoms with Crippen LogP contribution in [0.25, 0.3) is 0 Å². The van der Waals surface area contributed by atoms with Crippen LogP contribution in [-0.4, -0.2) is 29.4 Å². The van der Waals surface area contributed by atoms with Crippen molar-refractivity contribution in [2.45, 2.75) is 52.5 Å². The summed E-state index contributed by atoms with van der Waals surface area (Å²) < 4.78 is 0. The third-order valence-corrected chi connectivity index (χ3v) is 5.97. The summed E-state index contributed by atoms with van der Waals surface area (Å²) in [4.78, 5) is 20.4. The van der Waals surface area contributed by atoms with Crippen LogP contribution in [0, 0.1) is 13.8 Å². The first kappa shape index (κ1) is 18.1. The molecule has 4 nitrogen and oxygen atoms in total. The van der Waals surface area contributed by atoms with Gasteiger partial charge in [-0.3, -0.25) is 9.69 Å². The molecule has 1 aliphatic carbocycles. The summed E-state index contributed by atoms with van der Waals surface area (Å²) in [6.07, 6.45) is 4.01. The highest BCUT2D eigenvalue weighted by atomic mass is 32.1. The van der Waals surface area contributed by atoms with E-state index in [1.165, 1.54) is 28.8 Å². The minimum atomic E-state index is 0.0724. The molecule has 1 amide bonds. The monoisotopic (exact) mass is 357 g/mol. The highest BCUT2D eigenvalue weighted by molar-refractivity contribution is 7.11. The molecule has 0 aliphatic heterocycles. The molecule has 0 unspecified atom stereocenters. The number of thiazole rings is 1. The minimum Gasteiger partial charge on any atom is -0.326 e. The molecule has 1 atom stereocenters. The fourth-order valence-corrected chi connectivity index (χ4v) is 4.39. The number of nitrogens with zero attached hydrogens (tertiary/aromatic N) is 2. The molecule has 0 saturated heterocycles. The van der Waals surface area contributed by atoms with E-state index in [1.54, 1.807) is 11.3 Å². The van der Waals surface area contributed by atoms with Gasteiger partial charge in [-0.05, 0) is 70.3 Å². The van der Waals surface area contributed by atoms with E-state index in [0.717, 1.165) is 22.8 Å². The molecule has 1 N–H and O–H groups in total. The Labute approximate surface area is 154 Å². The zero-order chi connectivity index (χ0) is 18.0. The van der Waals surface area contributed by atoms with Crippen molar-refractivity contribution < 1.29 is 4.79 Å². The lowest BCUT2D eigenvalue weighted by atomic mass is 10.1. The summed E-state index contributed by atoms with van der Waals surface area (Å²) in [5.74, 6) is 0.0724. The predicted molar refractivity (Wildman–Crippen MR) is 104 cm³/mol. The number of fused-ring (bicyclic) bond motifs is 1. The molecule has 25 heavy (non-hydrogen) atoms. The number of hydrogen-bond acceptors (Lipinski definition) is 4. The molecule has 0 fully saturated rings. The molecule has 0 saturated carbocycles. The van der Waals surface area contributed by atoms with Crippen LogP contribution in [0.1, 0.15) is 52.5 Å². The smallest absolute Gasteiger partial charge is 0.225 e. The Bertz CT molecular complexity index is 768.